The number of amidine groups is 1. The van der Waals surface area contributed by atoms with Crippen molar-refractivity contribution in [3.8, 4) is 0 Å². The van der Waals surface area contributed by atoms with Gasteiger partial charge in [-0.15, -0.1) is 0 Å². The quantitative estimate of drug-likeness (QED) is 0.549. The van der Waals surface area contributed by atoms with Crippen LogP contribution in [0.15, 0.2) is 53.7 Å². The second kappa shape index (κ2) is 8.96. The SMILES string of the molecule is Cc1cnn(C)c1C(=N)/C=C\C(N)=NCC1CCC2CN(Cc3ccccc3)CC12. The van der Waals surface area contributed by atoms with E-state index in [1.54, 1.807) is 23.0 Å². The molecule has 1 aliphatic heterocycles. The number of allylic oxidation sites excluding steroid dienone is 1. The van der Waals surface area contributed by atoms with Crippen LogP contribution in [0.3, 0.4) is 0 Å². The molecule has 0 radical (unpaired) electrons. The van der Waals surface area contributed by atoms with E-state index in [2.05, 4.69) is 45.3 Å². The lowest BCUT2D eigenvalue weighted by molar-refractivity contribution is 0.284. The Kier molecular flexibility index (Phi) is 6.13. The number of fused-ring (bicyclic) bond motifs is 1. The van der Waals surface area contributed by atoms with Gasteiger partial charge in [0.2, 0.25) is 0 Å². The minimum absolute atomic E-state index is 0.402. The van der Waals surface area contributed by atoms with Crippen LogP contribution < -0.4 is 5.73 Å². The predicted molar refractivity (Wildman–Crippen MR) is 122 cm³/mol. The number of hydrogen-bond donors (Lipinski definition) is 2. The Morgan fingerprint density at radius 2 is 2.03 bits per heavy atom. The van der Waals surface area contributed by atoms with E-state index in [1.807, 2.05) is 14.0 Å². The zero-order valence-corrected chi connectivity index (χ0v) is 18.0. The normalized spacial score (nSPS) is 24.6. The van der Waals surface area contributed by atoms with E-state index >= 15 is 0 Å². The summed E-state index contributed by atoms with van der Waals surface area (Å²) >= 11 is 0. The van der Waals surface area contributed by atoms with E-state index in [1.165, 1.54) is 31.5 Å². The van der Waals surface area contributed by atoms with Gasteiger partial charge in [-0.2, -0.15) is 5.10 Å². The number of aromatic nitrogens is 2. The van der Waals surface area contributed by atoms with Crippen LogP contribution in [0.5, 0.6) is 0 Å². The Bertz CT molecular complexity index is 922. The molecule has 1 saturated heterocycles. The Hall–Kier alpha value is -2.73. The summed E-state index contributed by atoms with van der Waals surface area (Å²) in [6, 6.07) is 10.8. The molecule has 1 aliphatic carbocycles. The van der Waals surface area contributed by atoms with Crippen molar-refractivity contribution in [2.75, 3.05) is 19.6 Å². The fourth-order valence-corrected chi connectivity index (χ4v) is 5.12. The average molecular weight is 405 g/mol. The number of aliphatic imine (C=N–C) groups is 1. The Balaban J connectivity index is 1.31. The number of aryl methyl sites for hydroxylation is 2. The highest BCUT2D eigenvalue weighted by Crippen LogP contribution is 2.42. The minimum Gasteiger partial charge on any atom is -0.384 e. The maximum Gasteiger partial charge on any atom is 0.118 e. The number of hydrogen-bond acceptors (Lipinski definition) is 4. The first-order chi connectivity index (χ1) is 14.5. The number of nitrogens with two attached hydrogens (primary N) is 1. The summed E-state index contributed by atoms with van der Waals surface area (Å²) in [6.45, 7) is 6.16. The van der Waals surface area contributed by atoms with Crippen LogP contribution in [0.2, 0.25) is 0 Å². The molecule has 4 rings (SSSR count). The van der Waals surface area contributed by atoms with Crippen LogP contribution >= 0.6 is 0 Å². The monoisotopic (exact) mass is 404 g/mol. The molecule has 3 N–H and O–H groups in total. The average Bonchev–Trinajstić information content (AvgIpc) is 3.40. The molecule has 2 fully saturated rings. The molecule has 1 aromatic carbocycles. The summed E-state index contributed by atoms with van der Waals surface area (Å²) in [4.78, 5) is 7.24. The topological polar surface area (TPSA) is 83.3 Å². The van der Waals surface area contributed by atoms with Gasteiger partial charge in [0, 0.05) is 33.2 Å². The summed E-state index contributed by atoms with van der Waals surface area (Å²) < 4.78 is 1.72. The third kappa shape index (κ3) is 4.54. The molecule has 2 heterocycles. The molecule has 3 unspecified atom stereocenters. The van der Waals surface area contributed by atoms with Crippen molar-refractivity contribution in [2.24, 2.45) is 35.5 Å². The van der Waals surface area contributed by atoms with Gasteiger partial charge in [-0.1, -0.05) is 30.3 Å². The summed E-state index contributed by atoms with van der Waals surface area (Å²) in [6.07, 6.45) is 7.79. The summed E-state index contributed by atoms with van der Waals surface area (Å²) in [5.74, 6) is 2.64. The molecular formula is C24H32N6. The zero-order chi connectivity index (χ0) is 21.1. The van der Waals surface area contributed by atoms with Gasteiger partial charge >= 0.3 is 0 Å². The van der Waals surface area contributed by atoms with Gasteiger partial charge in [-0.25, -0.2) is 0 Å². The number of nitrogens with one attached hydrogen (secondary N) is 1. The molecule has 30 heavy (non-hydrogen) atoms. The molecule has 6 heteroatoms. The van der Waals surface area contributed by atoms with Crippen molar-refractivity contribution in [2.45, 2.75) is 26.3 Å². The Labute approximate surface area is 179 Å². The molecule has 1 aromatic heterocycles. The number of benzene rings is 1. The maximum absolute atomic E-state index is 8.27. The minimum atomic E-state index is 0.402. The van der Waals surface area contributed by atoms with Crippen LogP contribution in [-0.2, 0) is 13.6 Å². The predicted octanol–water partition coefficient (Wildman–Crippen LogP) is 3.17. The molecular weight excluding hydrogens is 372 g/mol. The van der Waals surface area contributed by atoms with Gasteiger partial charge in [-0.3, -0.25) is 20.0 Å². The van der Waals surface area contributed by atoms with E-state index in [9.17, 15) is 0 Å². The number of likely N-dealkylation sites (tertiary alicyclic amines) is 1. The van der Waals surface area contributed by atoms with Crippen molar-refractivity contribution in [1.82, 2.24) is 14.7 Å². The standard InChI is InChI=1S/C24H32N6/c1-17-12-28-29(2)24(17)22(25)10-11-23(26)27-13-19-8-9-20-15-30(16-21(19)20)14-18-6-4-3-5-7-18/h3-7,10-12,19-21,25H,8-9,13-16H2,1-2H3,(H2,26,27)/b11-10-,25-22?. The first-order valence-electron chi connectivity index (χ1n) is 10.8. The van der Waals surface area contributed by atoms with Gasteiger partial charge in [0.25, 0.3) is 0 Å². The Morgan fingerprint density at radius 3 is 2.77 bits per heavy atom. The molecule has 0 spiro atoms. The van der Waals surface area contributed by atoms with Crippen molar-refractivity contribution < 1.29 is 0 Å². The fourth-order valence-electron chi connectivity index (χ4n) is 5.12. The lowest BCUT2D eigenvalue weighted by Crippen LogP contribution is -2.24. The van der Waals surface area contributed by atoms with Crippen LogP contribution in [0.25, 0.3) is 0 Å². The van der Waals surface area contributed by atoms with Crippen molar-refractivity contribution in [3.05, 3.63) is 65.5 Å². The van der Waals surface area contributed by atoms with E-state index in [0.29, 0.717) is 17.5 Å². The van der Waals surface area contributed by atoms with Crippen LogP contribution in [0, 0.1) is 30.1 Å². The van der Waals surface area contributed by atoms with E-state index in [-0.39, 0.29) is 0 Å². The molecule has 0 bridgehead atoms. The van der Waals surface area contributed by atoms with Gasteiger partial charge < -0.3 is 5.73 Å². The van der Waals surface area contributed by atoms with Gasteiger partial charge in [0.1, 0.15) is 5.84 Å². The molecule has 3 atom stereocenters. The van der Waals surface area contributed by atoms with Gasteiger partial charge in [0.15, 0.2) is 0 Å². The lowest BCUT2D eigenvalue weighted by Gasteiger charge is -2.19. The van der Waals surface area contributed by atoms with Gasteiger partial charge in [-0.05, 0) is 60.8 Å². The van der Waals surface area contributed by atoms with E-state index in [0.717, 1.165) is 36.2 Å². The number of rotatable bonds is 7. The van der Waals surface area contributed by atoms with Crippen LogP contribution in [0.4, 0.5) is 0 Å². The second-order valence-electron chi connectivity index (χ2n) is 8.75. The van der Waals surface area contributed by atoms with Crippen molar-refractivity contribution in [1.29, 1.82) is 5.41 Å². The third-order valence-electron chi connectivity index (χ3n) is 6.64. The smallest absolute Gasteiger partial charge is 0.118 e. The lowest BCUT2D eigenvalue weighted by atomic mass is 9.92. The first-order valence-corrected chi connectivity index (χ1v) is 10.8. The maximum atomic E-state index is 8.27. The first kappa shape index (κ1) is 20.5. The van der Waals surface area contributed by atoms with Crippen LogP contribution in [-0.4, -0.2) is 45.9 Å². The van der Waals surface area contributed by atoms with Crippen molar-refractivity contribution in [3.63, 3.8) is 0 Å². The second-order valence-corrected chi connectivity index (χ2v) is 8.75. The van der Waals surface area contributed by atoms with E-state index in [4.69, 9.17) is 11.1 Å². The molecule has 6 nitrogen and oxygen atoms in total. The molecule has 1 saturated carbocycles. The summed E-state index contributed by atoms with van der Waals surface area (Å²) in [5, 5.41) is 12.5. The third-order valence-corrected chi connectivity index (χ3v) is 6.64. The summed E-state index contributed by atoms with van der Waals surface area (Å²) in [5.41, 5.74) is 9.72. The highest BCUT2D eigenvalue weighted by atomic mass is 15.3. The van der Waals surface area contributed by atoms with Gasteiger partial charge in [0.05, 0.1) is 17.6 Å². The fraction of sp³-hybridized carbons (Fsp3) is 0.458. The summed E-state index contributed by atoms with van der Waals surface area (Å²) in [7, 11) is 1.85. The number of nitrogens with zero attached hydrogens (tertiary/aromatic N) is 4. The largest absolute Gasteiger partial charge is 0.384 e. The molecule has 0 amide bonds. The van der Waals surface area contributed by atoms with Crippen LogP contribution in [0.1, 0.15) is 29.7 Å². The molecule has 2 aliphatic rings. The zero-order valence-electron chi connectivity index (χ0n) is 18.0. The highest BCUT2D eigenvalue weighted by Gasteiger charge is 2.42. The molecule has 2 aromatic rings. The Morgan fingerprint density at radius 1 is 1.23 bits per heavy atom. The highest BCUT2D eigenvalue weighted by molar-refractivity contribution is 6.09. The van der Waals surface area contributed by atoms with E-state index < -0.39 is 0 Å². The molecule has 158 valence electrons. The van der Waals surface area contributed by atoms with Crippen molar-refractivity contribution >= 4 is 11.5 Å².